The van der Waals surface area contributed by atoms with Crippen molar-refractivity contribution in [3.63, 3.8) is 0 Å². The number of nitrogens with two attached hydrogens (primary N) is 1. The number of hydrogen-bond donors (Lipinski definition) is 2. The second-order valence-corrected chi connectivity index (χ2v) is 7.09. The molecule has 0 aromatic heterocycles. The maximum absolute atomic E-state index is 13.5. The molecule has 122 valence electrons. The van der Waals surface area contributed by atoms with E-state index in [1.807, 2.05) is 0 Å². The number of hydrogen-bond acceptors (Lipinski definition) is 4. The minimum atomic E-state index is -0.641. The molecule has 4 aliphatic rings. The fourth-order valence-corrected chi connectivity index (χ4v) is 4.53. The SMILES string of the molecule is NNCC12CC(C(=O)N3N=CCC3c3cc(F)cc(F)c3)(C1)C2. The van der Waals surface area contributed by atoms with Gasteiger partial charge in [-0.25, -0.2) is 13.8 Å². The molecule has 1 aromatic carbocycles. The highest BCUT2D eigenvalue weighted by Gasteiger charge is 2.72. The zero-order chi connectivity index (χ0) is 16.2. The Balaban J connectivity index is 1.53. The van der Waals surface area contributed by atoms with Crippen molar-refractivity contribution < 1.29 is 13.6 Å². The quantitative estimate of drug-likeness (QED) is 0.657. The van der Waals surface area contributed by atoms with Crippen molar-refractivity contribution in [2.24, 2.45) is 21.8 Å². The first-order chi connectivity index (χ1) is 11.0. The predicted molar refractivity (Wildman–Crippen MR) is 80.0 cm³/mol. The normalized spacial score (nSPS) is 34.2. The van der Waals surface area contributed by atoms with Crippen LogP contribution >= 0.6 is 0 Å². The lowest BCUT2D eigenvalue weighted by atomic mass is 9.35. The largest absolute Gasteiger partial charge is 0.272 e. The van der Waals surface area contributed by atoms with Crippen molar-refractivity contribution >= 4 is 12.1 Å². The van der Waals surface area contributed by atoms with Crippen LogP contribution in [0.25, 0.3) is 0 Å². The van der Waals surface area contributed by atoms with Gasteiger partial charge in [0.25, 0.3) is 0 Å². The van der Waals surface area contributed by atoms with Crippen LogP contribution in [-0.2, 0) is 4.79 Å². The van der Waals surface area contributed by atoms with Crippen LogP contribution in [0.1, 0.15) is 37.3 Å². The van der Waals surface area contributed by atoms with Gasteiger partial charge in [0.2, 0.25) is 5.91 Å². The molecule has 7 heteroatoms. The Morgan fingerprint density at radius 1 is 1.30 bits per heavy atom. The van der Waals surface area contributed by atoms with Gasteiger partial charge in [-0.3, -0.25) is 16.1 Å². The molecule has 1 amide bonds. The van der Waals surface area contributed by atoms with Crippen LogP contribution < -0.4 is 11.3 Å². The summed E-state index contributed by atoms with van der Waals surface area (Å²) in [7, 11) is 0. The van der Waals surface area contributed by atoms with Crippen molar-refractivity contribution in [3.8, 4) is 0 Å². The Morgan fingerprint density at radius 2 is 1.96 bits per heavy atom. The Kier molecular flexibility index (Phi) is 3.08. The van der Waals surface area contributed by atoms with Gasteiger partial charge in [0.15, 0.2) is 0 Å². The first-order valence-corrected chi connectivity index (χ1v) is 7.73. The summed E-state index contributed by atoms with van der Waals surface area (Å²) >= 11 is 0. The summed E-state index contributed by atoms with van der Waals surface area (Å²) in [6, 6.07) is 2.94. The average molecular weight is 320 g/mol. The van der Waals surface area contributed by atoms with Gasteiger partial charge in [-0.05, 0) is 42.4 Å². The van der Waals surface area contributed by atoms with Gasteiger partial charge in [0, 0.05) is 25.2 Å². The number of hydrazine groups is 1. The number of carbonyl (C=O) groups excluding carboxylic acids is 1. The first-order valence-electron chi connectivity index (χ1n) is 7.73. The average Bonchev–Trinajstić information content (AvgIpc) is 2.88. The minimum Gasteiger partial charge on any atom is -0.272 e. The number of carbonyl (C=O) groups is 1. The van der Waals surface area contributed by atoms with Crippen LogP contribution in [0.15, 0.2) is 23.3 Å². The molecule has 5 nitrogen and oxygen atoms in total. The number of amides is 1. The highest BCUT2D eigenvalue weighted by molar-refractivity contribution is 5.88. The minimum absolute atomic E-state index is 0.0418. The summed E-state index contributed by atoms with van der Waals surface area (Å²) in [6.07, 6.45) is 4.52. The molecule has 5 rings (SSSR count). The molecule has 1 aliphatic heterocycles. The van der Waals surface area contributed by atoms with E-state index in [0.717, 1.165) is 25.3 Å². The van der Waals surface area contributed by atoms with E-state index in [0.29, 0.717) is 18.5 Å². The van der Waals surface area contributed by atoms with E-state index < -0.39 is 17.7 Å². The molecular weight excluding hydrogens is 302 g/mol. The lowest BCUT2D eigenvalue weighted by Crippen LogP contribution is -2.70. The fourth-order valence-electron chi connectivity index (χ4n) is 4.53. The highest BCUT2D eigenvalue weighted by atomic mass is 19.1. The van der Waals surface area contributed by atoms with Crippen molar-refractivity contribution in [1.29, 1.82) is 0 Å². The maximum atomic E-state index is 13.5. The highest BCUT2D eigenvalue weighted by Crippen LogP contribution is 2.73. The second-order valence-electron chi connectivity index (χ2n) is 7.09. The lowest BCUT2D eigenvalue weighted by molar-refractivity contribution is -0.216. The van der Waals surface area contributed by atoms with E-state index in [-0.39, 0.29) is 16.7 Å². The smallest absolute Gasteiger partial charge is 0.249 e. The molecule has 0 spiro atoms. The molecule has 0 radical (unpaired) electrons. The van der Waals surface area contributed by atoms with Gasteiger partial charge >= 0.3 is 0 Å². The van der Waals surface area contributed by atoms with Crippen LogP contribution in [0, 0.1) is 22.5 Å². The molecule has 1 aromatic rings. The number of rotatable bonds is 4. The first kappa shape index (κ1) is 14.7. The van der Waals surface area contributed by atoms with Crippen molar-refractivity contribution in [2.45, 2.75) is 31.7 Å². The molecule has 1 heterocycles. The zero-order valence-corrected chi connectivity index (χ0v) is 12.6. The van der Waals surface area contributed by atoms with Gasteiger partial charge in [-0.2, -0.15) is 5.10 Å². The summed E-state index contributed by atoms with van der Waals surface area (Å²) in [5, 5.41) is 5.58. The van der Waals surface area contributed by atoms with E-state index >= 15 is 0 Å². The van der Waals surface area contributed by atoms with Crippen LogP contribution in [-0.4, -0.2) is 23.7 Å². The van der Waals surface area contributed by atoms with Crippen LogP contribution in [0.3, 0.4) is 0 Å². The molecule has 0 saturated heterocycles. The Bertz CT molecular complexity index is 665. The van der Waals surface area contributed by atoms with Gasteiger partial charge in [-0.15, -0.1) is 0 Å². The topological polar surface area (TPSA) is 70.7 Å². The Labute approximate surface area is 132 Å². The van der Waals surface area contributed by atoms with Crippen LogP contribution in [0.4, 0.5) is 8.78 Å². The molecule has 1 unspecified atom stereocenters. The van der Waals surface area contributed by atoms with Gasteiger partial charge in [0.05, 0.1) is 11.5 Å². The van der Waals surface area contributed by atoms with E-state index in [1.165, 1.54) is 17.1 Å². The number of benzene rings is 1. The molecule has 23 heavy (non-hydrogen) atoms. The molecule has 2 bridgehead atoms. The molecule has 3 aliphatic carbocycles. The summed E-state index contributed by atoms with van der Waals surface area (Å²) < 4.78 is 26.9. The van der Waals surface area contributed by atoms with E-state index in [2.05, 4.69) is 10.5 Å². The molecule has 3 fully saturated rings. The molecule has 3 N–H and O–H groups in total. The second kappa shape index (κ2) is 4.82. The number of hydrazone groups is 1. The third-order valence-electron chi connectivity index (χ3n) is 5.38. The number of halogens is 2. The van der Waals surface area contributed by atoms with Crippen molar-refractivity contribution in [2.75, 3.05) is 6.54 Å². The third-order valence-corrected chi connectivity index (χ3v) is 5.38. The van der Waals surface area contributed by atoms with Gasteiger partial charge in [-0.1, -0.05) is 0 Å². The Hall–Kier alpha value is -1.86. The van der Waals surface area contributed by atoms with E-state index in [4.69, 9.17) is 5.84 Å². The van der Waals surface area contributed by atoms with Crippen molar-refractivity contribution in [3.05, 3.63) is 35.4 Å². The summed E-state index contributed by atoms with van der Waals surface area (Å²) in [6.45, 7) is 0.712. The molecule has 1 atom stereocenters. The summed E-state index contributed by atoms with van der Waals surface area (Å²) in [4.78, 5) is 12.9. The summed E-state index contributed by atoms with van der Waals surface area (Å²) in [5.41, 5.74) is 2.91. The maximum Gasteiger partial charge on any atom is 0.249 e. The number of nitrogens with one attached hydrogen (secondary N) is 1. The standard InChI is InChI=1S/C16H18F2N4O/c17-11-3-10(4-12(18)5-11)13-1-2-21-22(13)14(23)16-6-15(7-16,8-16)9-20-19/h2-5,13,20H,1,6-9,19H2. The molecule has 3 saturated carbocycles. The van der Waals surface area contributed by atoms with E-state index in [9.17, 15) is 13.6 Å². The summed E-state index contributed by atoms with van der Waals surface area (Å²) in [5.74, 6) is 4.05. The van der Waals surface area contributed by atoms with E-state index in [1.54, 1.807) is 6.21 Å². The molecular formula is C16H18F2N4O. The van der Waals surface area contributed by atoms with Crippen LogP contribution in [0.2, 0.25) is 0 Å². The zero-order valence-electron chi connectivity index (χ0n) is 12.6. The predicted octanol–water partition coefficient (Wildman–Crippen LogP) is 1.86. The fraction of sp³-hybridized carbons (Fsp3) is 0.500. The monoisotopic (exact) mass is 320 g/mol. The van der Waals surface area contributed by atoms with Gasteiger partial charge < -0.3 is 0 Å². The third kappa shape index (κ3) is 2.10. The number of nitrogens with zero attached hydrogens (tertiary/aromatic N) is 2. The van der Waals surface area contributed by atoms with Crippen LogP contribution in [0.5, 0.6) is 0 Å². The Morgan fingerprint density at radius 3 is 2.57 bits per heavy atom. The van der Waals surface area contributed by atoms with Gasteiger partial charge in [0.1, 0.15) is 11.6 Å². The van der Waals surface area contributed by atoms with Crippen molar-refractivity contribution in [1.82, 2.24) is 10.4 Å². The lowest BCUT2D eigenvalue weighted by Gasteiger charge is -2.69.